The lowest BCUT2D eigenvalue weighted by molar-refractivity contribution is 0.253. The Morgan fingerprint density at radius 3 is 3.21 bits per heavy atom. The molecule has 0 aromatic carbocycles. The minimum atomic E-state index is 0.729. The van der Waals surface area contributed by atoms with Gasteiger partial charge in [0.1, 0.15) is 0 Å². The number of nitrogens with zero attached hydrogens (tertiary/aromatic N) is 1. The van der Waals surface area contributed by atoms with E-state index in [4.69, 9.17) is 0 Å². The van der Waals surface area contributed by atoms with Crippen LogP contribution in [0.2, 0.25) is 0 Å². The average molecular weight is 209 g/mol. The van der Waals surface area contributed by atoms with Crippen LogP contribution < -0.4 is 0 Å². The highest BCUT2D eigenvalue weighted by atomic mass is 32.1. The molecule has 0 bridgehead atoms. The van der Waals surface area contributed by atoms with Crippen LogP contribution >= 0.6 is 11.3 Å². The first-order valence-corrected chi connectivity index (χ1v) is 6.62. The Kier molecular flexibility index (Phi) is 3.60. The van der Waals surface area contributed by atoms with Crippen LogP contribution in [-0.2, 0) is 0 Å². The lowest BCUT2D eigenvalue weighted by atomic mass is 10.1. The van der Waals surface area contributed by atoms with E-state index in [2.05, 4.69) is 28.7 Å². The Morgan fingerprint density at radius 1 is 1.57 bits per heavy atom. The first-order valence-electron chi connectivity index (χ1n) is 5.68. The Labute approximate surface area is 90.7 Å². The molecule has 0 amide bonds. The summed E-state index contributed by atoms with van der Waals surface area (Å²) in [6.07, 6.45) is 5.40. The molecule has 2 rings (SSSR count). The summed E-state index contributed by atoms with van der Waals surface area (Å²) in [7, 11) is 0. The second kappa shape index (κ2) is 4.94. The molecule has 1 aromatic heterocycles. The molecule has 1 fully saturated rings. The van der Waals surface area contributed by atoms with Gasteiger partial charge in [0.15, 0.2) is 0 Å². The lowest BCUT2D eigenvalue weighted by Gasteiger charge is -2.23. The van der Waals surface area contributed by atoms with Crippen molar-refractivity contribution in [3.05, 3.63) is 22.4 Å². The van der Waals surface area contributed by atoms with Crippen molar-refractivity contribution in [2.45, 2.75) is 38.6 Å². The number of hydrogen-bond donors (Lipinski definition) is 0. The highest BCUT2D eigenvalue weighted by Crippen LogP contribution is 2.32. The monoisotopic (exact) mass is 209 g/mol. The summed E-state index contributed by atoms with van der Waals surface area (Å²) >= 11 is 1.83. The SMILES string of the molecule is CCCCN1CCC[C@H]1c1ccsc1. The van der Waals surface area contributed by atoms with E-state index >= 15 is 0 Å². The van der Waals surface area contributed by atoms with Crippen LogP contribution in [0.4, 0.5) is 0 Å². The fourth-order valence-electron chi connectivity index (χ4n) is 2.30. The van der Waals surface area contributed by atoms with E-state index in [1.165, 1.54) is 38.8 Å². The number of hydrogen-bond acceptors (Lipinski definition) is 2. The maximum atomic E-state index is 2.66. The molecule has 0 N–H and O–H groups in total. The molecule has 1 aromatic rings. The largest absolute Gasteiger partial charge is 0.296 e. The molecule has 0 aliphatic carbocycles. The molecule has 0 saturated carbocycles. The molecule has 0 radical (unpaired) electrons. The molecule has 2 heteroatoms. The van der Waals surface area contributed by atoms with Gasteiger partial charge in [-0.25, -0.2) is 0 Å². The normalized spacial score (nSPS) is 23.1. The van der Waals surface area contributed by atoms with Crippen molar-refractivity contribution in [2.24, 2.45) is 0 Å². The molecular formula is C12H19NS. The summed E-state index contributed by atoms with van der Waals surface area (Å²) in [5.41, 5.74) is 1.55. The van der Waals surface area contributed by atoms with Crippen molar-refractivity contribution in [1.29, 1.82) is 0 Å². The summed E-state index contributed by atoms with van der Waals surface area (Å²) < 4.78 is 0. The summed E-state index contributed by atoms with van der Waals surface area (Å²) in [4.78, 5) is 2.66. The predicted octanol–water partition coefficient (Wildman–Crippen LogP) is 3.69. The third-order valence-electron chi connectivity index (χ3n) is 3.09. The quantitative estimate of drug-likeness (QED) is 0.731. The van der Waals surface area contributed by atoms with Gasteiger partial charge >= 0.3 is 0 Å². The number of unbranched alkanes of at least 4 members (excludes halogenated alkanes) is 1. The third-order valence-corrected chi connectivity index (χ3v) is 3.79. The standard InChI is InChI=1S/C12H19NS/c1-2-3-7-13-8-4-5-12(13)11-6-9-14-10-11/h6,9-10,12H,2-5,7-8H2,1H3/t12-/m0/s1. The van der Waals surface area contributed by atoms with E-state index in [-0.39, 0.29) is 0 Å². The van der Waals surface area contributed by atoms with E-state index in [1.807, 2.05) is 11.3 Å². The third kappa shape index (κ3) is 2.18. The van der Waals surface area contributed by atoms with Crippen LogP contribution in [0, 0.1) is 0 Å². The zero-order valence-electron chi connectivity index (χ0n) is 8.91. The van der Waals surface area contributed by atoms with Crippen LogP contribution in [0.1, 0.15) is 44.2 Å². The minimum absolute atomic E-state index is 0.729. The second-order valence-electron chi connectivity index (χ2n) is 4.10. The van der Waals surface area contributed by atoms with Crippen LogP contribution in [-0.4, -0.2) is 18.0 Å². The number of rotatable bonds is 4. The number of likely N-dealkylation sites (tertiary alicyclic amines) is 1. The Balaban J connectivity index is 1.97. The molecule has 78 valence electrons. The molecular weight excluding hydrogens is 190 g/mol. The molecule has 2 heterocycles. The fourth-order valence-corrected chi connectivity index (χ4v) is 3.00. The second-order valence-corrected chi connectivity index (χ2v) is 4.88. The van der Waals surface area contributed by atoms with Crippen LogP contribution in [0.25, 0.3) is 0 Å². The smallest absolute Gasteiger partial charge is 0.0356 e. The van der Waals surface area contributed by atoms with Crippen LogP contribution in [0.15, 0.2) is 16.8 Å². The van der Waals surface area contributed by atoms with Crippen molar-refractivity contribution in [3.63, 3.8) is 0 Å². The highest BCUT2D eigenvalue weighted by molar-refractivity contribution is 7.07. The molecule has 1 nitrogen and oxygen atoms in total. The summed E-state index contributed by atoms with van der Waals surface area (Å²) in [5.74, 6) is 0. The van der Waals surface area contributed by atoms with Gasteiger partial charge in [-0.05, 0) is 54.7 Å². The van der Waals surface area contributed by atoms with Gasteiger partial charge in [0.2, 0.25) is 0 Å². The molecule has 1 aliphatic heterocycles. The Bertz CT molecular complexity index is 255. The van der Waals surface area contributed by atoms with Crippen molar-refractivity contribution < 1.29 is 0 Å². The fraction of sp³-hybridized carbons (Fsp3) is 0.667. The minimum Gasteiger partial charge on any atom is -0.296 e. The predicted molar refractivity (Wildman–Crippen MR) is 62.8 cm³/mol. The molecule has 14 heavy (non-hydrogen) atoms. The molecule has 0 unspecified atom stereocenters. The van der Waals surface area contributed by atoms with Crippen molar-refractivity contribution in [2.75, 3.05) is 13.1 Å². The van der Waals surface area contributed by atoms with Gasteiger partial charge in [-0.15, -0.1) is 0 Å². The first-order chi connectivity index (χ1) is 6.92. The maximum Gasteiger partial charge on any atom is 0.0356 e. The van der Waals surface area contributed by atoms with Gasteiger partial charge in [-0.2, -0.15) is 11.3 Å². The highest BCUT2D eigenvalue weighted by Gasteiger charge is 2.25. The Morgan fingerprint density at radius 2 is 2.50 bits per heavy atom. The zero-order chi connectivity index (χ0) is 9.80. The van der Waals surface area contributed by atoms with Crippen molar-refractivity contribution >= 4 is 11.3 Å². The Hall–Kier alpha value is -0.340. The first kappa shape index (κ1) is 10.2. The zero-order valence-corrected chi connectivity index (χ0v) is 9.72. The topological polar surface area (TPSA) is 3.24 Å². The van der Waals surface area contributed by atoms with Crippen molar-refractivity contribution in [1.82, 2.24) is 4.90 Å². The molecule has 1 atom stereocenters. The lowest BCUT2D eigenvalue weighted by Crippen LogP contribution is -2.23. The summed E-state index contributed by atoms with van der Waals surface area (Å²) in [6, 6.07) is 3.02. The van der Waals surface area contributed by atoms with Gasteiger partial charge < -0.3 is 0 Å². The van der Waals surface area contributed by atoms with Crippen LogP contribution in [0.3, 0.4) is 0 Å². The van der Waals surface area contributed by atoms with Gasteiger partial charge in [-0.3, -0.25) is 4.90 Å². The van der Waals surface area contributed by atoms with E-state index in [1.54, 1.807) is 5.56 Å². The van der Waals surface area contributed by atoms with Crippen molar-refractivity contribution in [3.8, 4) is 0 Å². The number of thiophene rings is 1. The van der Waals surface area contributed by atoms with E-state index in [9.17, 15) is 0 Å². The summed E-state index contributed by atoms with van der Waals surface area (Å²) in [5, 5.41) is 4.51. The maximum absolute atomic E-state index is 2.66. The molecule has 0 spiro atoms. The molecule has 1 aliphatic rings. The van der Waals surface area contributed by atoms with Gasteiger partial charge in [0, 0.05) is 6.04 Å². The summed E-state index contributed by atoms with van der Waals surface area (Å²) in [6.45, 7) is 4.87. The van der Waals surface area contributed by atoms with E-state index in [0.717, 1.165) is 6.04 Å². The van der Waals surface area contributed by atoms with Gasteiger partial charge in [0.25, 0.3) is 0 Å². The molecule has 1 saturated heterocycles. The average Bonchev–Trinajstić information content (AvgIpc) is 2.84. The van der Waals surface area contributed by atoms with E-state index in [0.29, 0.717) is 0 Å². The van der Waals surface area contributed by atoms with Crippen LogP contribution in [0.5, 0.6) is 0 Å². The van der Waals surface area contributed by atoms with Gasteiger partial charge in [0.05, 0.1) is 0 Å². The van der Waals surface area contributed by atoms with Gasteiger partial charge in [-0.1, -0.05) is 13.3 Å². The van der Waals surface area contributed by atoms with E-state index < -0.39 is 0 Å².